The van der Waals surface area contributed by atoms with Crippen LogP contribution < -0.4 is 5.32 Å². The van der Waals surface area contributed by atoms with E-state index in [4.69, 9.17) is 0 Å². The Bertz CT molecular complexity index is 993. The van der Waals surface area contributed by atoms with E-state index in [1.54, 1.807) is 13.0 Å². The number of halogens is 2. The van der Waals surface area contributed by atoms with E-state index in [1.807, 2.05) is 6.92 Å². The van der Waals surface area contributed by atoms with Gasteiger partial charge in [0, 0.05) is 23.6 Å². The first-order valence-electron chi connectivity index (χ1n) is 9.00. The second kappa shape index (κ2) is 9.69. The van der Waals surface area contributed by atoms with E-state index in [1.165, 1.54) is 24.5 Å². The van der Waals surface area contributed by atoms with Crippen LogP contribution in [0.5, 0.6) is 0 Å². The summed E-state index contributed by atoms with van der Waals surface area (Å²) in [5.74, 6) is -2.15. The molecule has 1 N–H and O–H groups in total. The SMILES string of the molecule is CC(Nc1cnc(C(=O)CC[C@H](C)/C=C/S(C)(=O)=O)nc1)c1cccc(F)c1F. The second-order valence-electron chi connectivity index (χ2n) is 6.90. The fourth-order valence-corrected chi connectivity index (χ4v) is 3.13. The van der Waals surface area contributed by atoms with Crippen molar-refractivity contribution in [2.45, 2.75) is 32.7 Å². The van der Waals surface area contributed by atoms with Crippen molar-refractivity contribution in [3.05, 3.63) is 65.1 Å². The van der Waals surface area contributed by atoms with Crippen molar-refractivity contribution in [2.24, 2.45) is 5.92 Å². The molecule has 29 heavy (non-hydrogen) atoms. The minimum atomic E-state index is -3.19. The number of Topliss-reactive ketones (excluding diaryl/α,β-unsaturated/α-hetero) is 1. The molecule has 0 fully saturated rings. The molecule has 6 nitrogen and oxygen atoms in total. The molecule has 156 valence electrons. The molecule has 0 radical (unpaired) electrons. The number of nitrogens with one attached hydrogen (secondary N) is 1. The number of carbonyl (C=O) groups excluding carboxylic acids is 1. The monoisotopic (exact) mass is 423 g/mol. The first kappa shape index (κ1) is 22.6. The fourth-order valence-electron chi connectivity index (χ4n) is 2.57. The van der Waals surface area contributed by atoms with E-state index < -0.39 is 27.5 Å². The molecule has 1 aromatic heterocycles. The Balaban J connectivity index is 1.94. The molecule has 0 aliphatic rings. The van der Waals surface area contributed by atoms with E-state index in [9.17, 15) is 22.0 Å². The van der Waals surface area contributed by atoms with E-state index in [2.05, 4.69) is 15.3 Å². The van der Waals surface area contributed by atoms with Gasteiger partial charge in [0.05, 0.1) is 24.1 Å². The van der Waals surface area contributed by atoms with Gasteiger partial charge in [0.2, 0.25) is 0 Å². The van der Waals surface area contributed by atoms with Gasteiger partial charge in [-0.15, -0.1) is 0 Å². The number of ketones is 1. The molecule has 2 rings (SSSR count). The summed E-state index contributed by atoms with van der Waals surface area (Å²) >= 11 is 0. The average molecular weight is 423 g/mol. The van der Waals surface area contributed by atoms with E-state index in [-0.39, 0.29) is 29.5 Å². The van der Waals surface area contributed by atoms with Gasteiger partial charge < -0.3 is 5.32 Å². The minimum absolute atomic E-state index is 0.0411. The summed E-state index contributed by atoms with van der Waals surface area (Å²) in [6.45, 7) is 3.48. The van der Waals surface area contributed by atoms with Gasteiger partial charge in [0.25, 0.3) is 0 Å². The van der Waals surface area contributed by atoms with Gasteiger partial charge in [0.1, 0.15) is 0 Å². The summed E-state index contributed by atoms with van der Waals surface area (Å²) in [5, 5.41) is 4.09. The highest BCUT2D eigenvalue weighted by Crippen LogP contribution is 2.22. The number of carbonyl (C=O) groups is 1. The maximum Gasteiger partial charge on any atom is 0.200 e. The number of sulfone groups is 1. The highest BCUT2D eigenvalue weighted by Gasteiger charge is 2.15. The lowest BCUT2D eigenvalue weighted by Crippen LogP contribution is -2.12. The average Bonchev–Trinajstić information content (AvgIpc) is 2.66. The van der Waals surface area contributed by atoms with E-state index in [0.29, 0.717) is 12.1 Å². The summed E-state index contributed by atoms with van der Waals surface area (Å²) in [4.78, 5) is 20.3. The first-order valence-corrected chi connectivity index (χ1v) is 11.0. The Morgan fingerprint density at radius 3 is 2.48 bits per heavy atom. The van der Waals surface area contributed by atoms with Crippen molar-refractivity contribution in [1.82, 2.24) is 9.97 Å². The van der Waals surface area contributed by atoms with Crippen LogP contribution in [0.2, 0.25) is 0 Å². The summed E-state index contributed by atoms with van der Waals surface area (Å²) in [7, 11) is -3.19. The summed E-state index contributed by atoms with van der Waals surface area (Å²) in [5.41, 5.74) is 0.628. The lowest BCUT2D eigenvalue weighted by atomic mass is 10.0. The number of aromatic nitrogens is 2. The van der Waals surface area contributed by atoms with Crippen molar-refractivity contribution in [3.8, 4) is 0 Å². The zero-order valence-electron chi connectivity index (χ0n) is 16.4. The van der Waals surface area contributed by atoms with Gasteiger partial charge in [-0.05, 0) is 25.3 Å². The maximum atomic E-state index is 13.9. The number of hydrogen-bond acceptors (Lipinski definition) is 6. The molecule has 2 aromatic rings. The predicted octanol–water partition coefficient (Wildman–Crippen LogP) is 4.09. The largest absolute Gasteiger partial charge is 0.376 e. The third-order valence-electron chi connectivity index (χ3n) is 4.21. The van der Waals surface area contributed by atoms with Crippen LogP contribution >= 0.6 is 0 Å². The van der Waals surface area contributed by atoms with Crippen molar-refractivity contribution >= 4 is 21.3 Å². The lowest BCUT2D eigenvalue weighted by Gasteiger charge is -2.16. The van der Waals surface area contributed by atoms with Gasteiger partial charge in [0.15, 0.2) is 33.1 Å². The standard InChI is InChI=1S/C20H23F2N3O3S/c1-13(9-10-29(3,27)28)7-8-18(26)20-23-11-15(12-24-20)25-14(2)16-5-4-6-17(21)19(16)22/h4-6,9-14,25H,7-8H2,1-3H3/b10-9+/t13-,14?/m0/s1. The zero-order chi connectivity index (χ0) is 21.6. The molecule has 0 aliphatic heterocycles. The Kier molecular flexibility index (Phi) is 7.55. The Labute approximate surface area is 169 Å². The highest BCUT2D eigenvalue weighted by molar-refractivity contribution is 7.93. The molecule has 0 aliphatic carbocycles. The Hall–Kier alpha value is -2.68. The van der Waals surface area contributed by atoms with Crippen LogP contribution in [0.3, 0.4) is 0 Å². The molecule has 0 bridgehead atoms. The van der Waals surface area contributed by atoms with Crippen LogP contribution in [0.1, 0.15) is 48.9 Å². The van der Waals surface area contributed by atoms with E-state index in [0.717, 1.165) is 17.7 Å². The maximum absolute atomic E-state index is 13.9. The quantitative estimate of drug-likeness (QED) is 0.611. The molecule has 1 heterocycles. The number of allylic oxidation sites excluding steroid dienone is 1. The van der Waals surface area contributed by atoms with E-state index >= 15 is 0 Å². The van der Waals surface area contributed by atoms with Crippen LogP contribution in [-0.2, 0) is 9.84 Å². The van der Waals surface area contributed by atoms with Crippen LogP contribution in [0.4, 0.5) is 14.5 Å². The zero-order valence-corrected chi connectivity index (χ0v) is 17.2. The topological polar surface area (TPSA) is 89.0 Å². The summed E-state index contributed by atoms with van der Waals surface area (Å²) in [6.07, 6.45) is 6.09. The fraction of sp³-hybridized carbons (Fsp3) is 0.350. The number of nitrogens with zero attached hydrogens (tertiary/aromatic N) is 2. The van der Waals surface area contributed by atoms with Crippen LogP contribution in [-0.4, -0.2) is 30.4 Å². The van der Waals surface area contributed by atoms with Crippen LogP contribution in [0, 0.1) is 17.6 Å². The first-order chi connectivity index (χ1) is 13.6. The highest BCUT2D eigenvalue weighted by atomic mass is 32.2. The van der Waals surface area contributed by atoms with Gasteiger partial charge in [-0.1, -0.05) is 25.1 Å². The van der Waals surface area contributed by atoms with Gasteiger partial charge >= 0.3 is 0 Å². The molecule has 1 aromatic carbocycles. The molecule has 0 spiro atoms. The summed E-state index contributed by atoms with van der Waals surface area (Å²) in [6, 6.07) is 3.43. The van der Waals surface area contributed by atoms with Crippen molar-refractivity contribution in [1.29, 1.82) is 0 Å². The number of rotatable bonds is 9. The minimum Gasteiger partial charge on any atom is -0.376 e. The number of hydrogen-bond donors (Lipinski definition) is 1. The van der Waals surface area contributed by atoms with Gasteiger partial charge in [-0.25, -0.2) is 27.2 Å². The lowest BCUT2D eigenvalue weighted by molar-refractivity contribution is 0.0966. The molecular weight excluding hydrogens is 400 g/mol. The Morgan fingerprint density at radius 1 is 1.21 bits per heavy atom. The second-order valence-corrected chi connectivity index (χ2v) is 8.83. The third kappa shape index (κ3) is 7.01. The molecule has 0 saturated heterocycles. The normalized spacial score (nSPS) is 14.0. The van der Waals surface area contributed by atoms with Crippen molar-refractivity contribution in [3.63, 3.8) is 0 Å². The molecule has 0 saturated carbocycles. The van der Waals surface area contributed by atoms with Gasteiger partial charge in [-0.2, -0.15) is 0 Å². The molecular formula is C20H23F2N3O3S. The van der Waals surface area contributed by atoms with Gasteiger partial charge in [-0.3, -0.25) is 4.79 Å². The molecule has 9 heteroatoms. The van der Waals surface area contributed by atoms with Crippen molar-refractivity contribution in [2.75, 3.05) is 11.6 Å². The smallest absolute Gasteiger partial charge is 0.200 e. The van der Waals surface area contributed by atoms with Crippen molar-refractivity contribution < 1.29 is 22.0 Å². The molecule has 1 unspecified atom stereocenters. The van der Waals surface area contributed by atoms with Crippen LogP contribution in [0.15, 0.2) is 42.1 Å². The summed E-state index contributed by atoms with van der Waals surface area (Å²) < 4.78 is 49.4. The molecule has 0 amide bonds. The van der Waals surface area contributed by atoms with Crippen LogP contribution in [0.25, 0.3) is 0 Å². The number of anilines is 1. The Morgan fingerprint density at radius 2 is 1.86 bits per heavy atom. The number of benzene rings is 1. The predicted molar refractivity (Wildman–Crippen MR) is 107 cm³/mol. The molecule has 2 atom stereocenters. The third-order valence-corrected chi connectivity index (χ3v) is 4.86.